The van der Waals surface area contributed by atoms with Crippen LogP contribution in [0.5, 0.6) is 0 Å². The SMILES string of the molecule is CC(=O)C1CCCC1SC(F)(F)F. The van der Waals surface area contributed by atoms with Crippen LogP contribution in [0.2, 0.25) is 0 Å². The molecule has 1 saturated carbocycles. The van der Waals surface area contributed by atoms with Gasteiger partial charge in [0.15, 0.2) is 0 Å². The molecule has 0 aromatic carbocycles. The lowest BCUT2D eigenvalue weighted by Gasteiger charge is -2.17. The number of rotatable bonds is 2. The molecule has 0 heterocycles. The topological polar surface area (TPSA) is 17.1 Å². The van der Waals surface area contributed by atoms with Gasteiger partial charge in [-0.05, 0) is 31.5 Å². The molecule has 0 aromatic heterocycles. The summed E-state index contributed by atoms with van der Waals surface area (Å²) in [5.41, 5.74) is -4.21. The van der Waals surface area contributed by atoms with E-state index in [0.717, 1.165) is 6.42 Å². The lowest BCUT2D eigenvalue weighted by molar-refractivity contribution is -0.120. The Morgan fingerprint density at radius 2 is 2.00 bits per heavy atom. The van der Waals surface area contributed by atoms with E-state index in [-0.39, 0.29) is 23.5 Å². The summed E-state index contributed by atoms with van der Waals surface area (Å²) < 4.78 is 36.0. The Hall–Kier alpha value is -0.190. The summed E-state index contributed by atoms with van der Waals surface area (Å²) >= 11 is -0.0200. The number of Topliss-reactive ketones (excluding diaryl/α,β-unsaturated/α-hetero) is 1. The van der Waals surface area contributed by atoms with Crippen molar-refractivity contribution in [2.75, 3.05) is 0 Å². The summed E-state index contributed by atoms with van der Waals surface area (Å²) in [5, 5.41) is -0.544. The molecule has 5 heteroatoms. The van der Waals surface area contributed by atoms with Crippen LogP contribution in [0.3, 0.4) is 0 Å². The fraction of sp³-hybridized carbons (Fsp3) is 0.875. The highest BCUT2D eigenvalue weighted by molar-refractivity contribution is 8.00. The zero-order valence-corrected chi connectivity index (χ0v) is 8.04. The maximum atomic E-state index is 12.0. The number of thioether (sulfide) groups is 1. The van der Waals surface area contributed by atoms with Gasteiger partial charge in [0.05, 0.1) is 0 Å². The Morgan fingerprint density at radius 1 is 1.38 bits per heavy atom. The van der Waals surface area contributed by atoms with Crippen LogP contribution in [0.15, 0.2) is 0 Å². The summed E-state index contributed by atoms with van der Waals surface area (Å²) in [7, 11) is 0. The summed E-state index contributed by atoms with van der Waals surface area (Å²) in [6.07, 6.45) is 1.86. The third kappa shape index (κ3) is 3.21. The molecule has 1 nitrogen and oxygen atoms in total. The van der Waals surface area contributed by atoms with E-state index in [0.29, 0.717) is 12.8 Å². The number of carbonyl (C=O) groups is 1. The van der Waals surface area contributed by atoms with Crippen LogP contribution in [0.4, 0.5) is 13.2 Å². The van der Waals surface area contributed by atoms with Gasteiger partial charge in [-0.2, -0.15) is 13.2 Å². The molecular formula is C8H11F3OS. The third-order valence-corrected chi connectivity index (χ3v) is 3.39. The lowest BCUT2D eigenvalue weighted by Crippen LogP contribution is -2.21. The first-order chi connectivity index (χ1) is 5.90. The van der Waals surface area contributed by atoms with Crippen LogP contribution in [0.25, 0.3) is 0 Å². The van der Waals surface area contributed by atoms with Gasteiger partial charge in [-0.1, -0.05) is 6.42 Å². The van der Waals surface area contributed by atoms with Crippen molar-refractivity contribution >= 4 is 17.5 Å². The number of hydrogen-bond acceptors (Lipinski definition) is 2. The molecule has 0 spiro atoms. The summed E-state index contributed by atoms with van der Waals surface area (Å²) in [6, 6.07) is 0. The molecule has 0 saturated heterocycles. The van der Waals surface area contributed by atoms with Gasteiger partial charge in [-0.3, -0.25) is 4.79 Å². The molecule has 1 aliphatic rings. The summed E-state index contributed by atoms with van der Waals surface area (Å²) in [5.74, 6) is -0.495. The van der Waals surface area contributed by atoms with Gasteiger partial charge in [0, 0.05) is 11.2 Å². The van der Waals surface area contributed by atoms with E-state index < -0.39 is 10.8 Å². The van der Waals surface area contributed by atoms with Crippen LogP contribution in [-0.2, 0) is 4.79 Å². The van der Waals surface area contributed by atoms with Crippen molar-refractivity contribution < 1.29 is 18.0 Å². The van der Waals surface area contributed by atoms with Crippen LogP contribution in [-0.4, -0.2) is 16.5 Å². The molecule has 2 unspecified atom stereocenters. The number of hydrogen-bond donors (Lipinski definition) is 0. The molecule has 13 heavy (non-hydrogen) atoms. The predicted molar refractivity (Wildman–Crippen MR) is 45.5 cm³/mol. The second-order valence-corrected chi connectivity index (χ2v) is 4.55. The molecule has 0 amide bonds. The summed E-state index contributed by atoms with van der Waals surface area (Å²) in [4.78, 5) is 11.0. The van der Waals surface area contributed by atoms with Gasteiger partial charge < -0.3 is 0 Å². The maximum Gasteiger partial charge on any atom is 0.442 e. The fourth-order valence-corrected chi connectivity index (χ4v) is 2.82. The van der Waals surface area contributed by atoms with E-state index in [4.69, 9.17) is 0 Å². The van der Waals surface area contributed by atoms with E-state index in [1.807, 2.05) is 0 Å². The molecule has 1 fully saturated rings. The first kappa shape index (κ1) is 10.9. The molecular weight excluding hydrogens is 201 g/mol. The smallest absolute Gasteiger partial charge is 0.300 e. The van der Waals surface area contributed by atoms with E-state index >= 15 is 0 Å². The minimum Gasteiger partial charge on any atom is -0.300 e. The molecule has 2 atom stereocenters. The van der Waals surface area contributed by atoms with Crippen molar-refractivity contribution in [1.82, 2.24) is 0 Å². The largest absolute Gasteiger partial charge is 0.442 e. The molecule has 0 bridgehead atoms. The van der Waals surface area contributed by atoms with Crippen LogP contribution in [0, 0.1) is 5.92 Å². The first-order valence-corrected chi connectivity index (χ1v) is 5.03. The molecule has 1 rings (SSSR count). The minimum absolute atomic E-state index is 0.0200. The van der Waals surface area contributed by atoms with Crippen molar-refractivity contribution in [2.24, 2.45) is 5.92 Å². The standard InChI is InChI=1S/C8H11F3OS/c1-5(12)6-3-2-4-7(6)13-8(9,10)11/h6-7H,2-4H2,1H3. The monoisotopic (exact) mass is 212 g/mol. The molecule has 0 N–H and O–H groups in total. The molecule has 0 radical (unpaired) electrons. The van der Waals surface area contributed by atoms with Gasteiger partial charge in [0.2, 0.25) is 0 Å². The highest BCUT2D eigenvalue weighted by Crippen LogP contribution is 2.43. The average molecular weight is 212 g/mol. The van der Waals surface area contributed by atoms with Crippen LogP contribution in [0.1, 0.15) is 26.2 Å². The normalized spacial score (nSPS) is 29.2. The van der Waals surface area contributed by atoms with E-state index in [9.17, 15) is 18.0 Å². The van der Waals surface area contributed by atoms with E-state index in [1.165, 1.54) is 6.92 Å². The lowest BCUT2D eigenvalue weighted by atomic mass is 10.0. The molecule has 0 aliphatic heterocycles. The number of halogens is 3. The van der Waals surface area contributed by atoms with Gasteiger partial charge in [0.1, 0.15) is 5.78 Å². The van der Waals surface area contributed by atoms with Gasteiger partial charge in [0.25, 0.3) is 0 Å². The Kier molecular flexibility index (Phi) is 3.27. The molecule has 1 aliphatic carbocycles. The van der Waals surface area contributed by atoms with Crippen LogP contribution >= 0.6 is 11.8 Å². The van der Waals surface area contributed by atoms with Crippen molar-refractivity contribution in [3.05, 3.63) is 0 Å². The van der Waals surface area contributed by atoms with Gasteiger partial charge in [-0.15, -0.1) is 0 Å². The van der Waals surface area contributed by atoms with Crippen LogP contribution < -0.4 is 0 Å². The number of ketones is 1. The Balaban J connectivity index is 2.54. The highest BCUT2D eigenvalue weighted by atomic mass is 32.2. The number of alkyl halides is 3. The van der Waals surface area contributed by atoms with Crippen molar-refractivity contribution in [3.8, 4) is 0 Å². The van der Waals surface area contributed by atoms with Gasteiger partial charge >= 0.3 is 5.51 Å². The third-order valence-electron chi connectivity index (χ3n) is 2.26. The Bertz CT molecular complexity index is 202. The molecule has 0 aromatic rings. The molecule has 76 valence electrons. The van der Waals surface area contributed by atoms with Crippen molar-refractivity contribution in [3.63, 3.8) is 0 Å². The quantitative estimate of drug-likeness (QED) is 0.700. The van der Waals surface area contributed by atoms with Crippen molar-refractivity contribution in [2.45, 2.75) is 36.9 Å². The second-order valence-electron chi connectivity index (χ2n) is 3.25. The zero-order valence-electron chi connectivity index (χ0n) is 7.23. The average Bonchev–Trinajstić information content (AvgIpc) is 2.31. The maximum absolute atomic E-state index is 12.0. The Labute approximate surface area is 79.1 Å². The summed E-state index contributed by atoms with van der Waals surface area (Å²) in [6.45, 7) is 1.37. The van der Waals surface area contributed by atoms with E-state index in [1.54, 1.807) is 0 Å². The first-order valence-electron chi connectivity index (χ1n) is 4.15. The predicted octanol–water partition coefficient (Wildman–Crippen LogP) is 3.00. The fourth-order valence-electron chi connectivity index (χ4n) is 1.70. The van der Waals surface area contributed by atoms with E-state index in [2.05, 4.69) is 0 Å². The number of carbonyl (C=O) groups excluding carboxylic acids is 1. The second kappa shape index (κ2) is 3.90. The van der Waals surface area contributed by atoms with Gasteiger partial charge in [-0.25, -0.2) is 0 Å². The Morgan fingerprint density at radius 3 is 2.46 bits per heavy atom. The highest BCUT2D eigenvalue weighted by Gasteiger charge is 2.40. The van der Waals surface area contributed by atoms with Crippen molar-refractivity contribution in [1.29, 1.82) is 0 Å². The minimum atomic E-state index is -4.21. The zero-order chi connectivity index (χ0) is 10.1.